The molecular formula is C13H14ClN5O. The monoisotopic (exact) mass is 291 g/mol. The Bertz CT molecular complexity index is 683. The number of halogens is 1. The van der Waals surface area contributed by atoms with Crippen LogP contribution in [0.15, 0.2) is 41.7 Å². The minimum absolute atomic E-state index is 0.215. The van der Waals surface area contributed by atoms with Crippen LogP contribution in [0.3, 0.4) is 0 Å². The summed E-state index contributed by atoms with van der Waals surface area (Å²) < 4.78 is 1.39. The van der Waals surface area contributed by atoms with E-state index in [2.05, 4.69) is 27.4 Å². The van der Waals surface area contributed by atoms with Gasteiger partial charge in [-0.2, -0.15) is 9.97 Å². The Kier molecular flexibility index (Phi) is 4.49. The van der Waals surface area contributed by atoms with E-state index in [4.69, 9.17) is 11.6 Å². The summed E-state index contributed by atoms with van der Waals surface area (Å²) >= 11 is 5.93. The van der Waals surface area contributed by atoms with Gasteiger partial charge in [0.2, 0.25) is 5.95 Å². The highest BCUT2D eigenvalue weighted by atomic mass is 35.5. The molecule has 0 saturated heterocycles. The Balaban J connectivity index is 2.36. The van der Waals surface area contributed by atoms with Gasteiger partial charge in [0, 0.05) is 11.6 Å². The number of benzene rings is 1. The van der Waals surface area contributed by atoms with Crippen LogP contribution in [0.1, 0.15) is 5.82 Å². The normalized spacial score (nSPS) is 10.3. The summed E-state index contributed by atoms with van der Waals surface area (Å²) in [6.07, 6.45) is 1.67. The lowest BCUT2D eigenvalue weighted by molar-refractivity contribution is 0.785. The summed E-state index contributed by atoms with van der Waals surface area (Å²) in [7, 11) is 0. The van der Waals surface area contributed by atoms with Crippen molar-refractivity contribution < 1.29 is 0 Å². The zero-order valence-corrected chi connectivity index (χ0v) is 11.7. The van der Waals surface area contributed by atoms with Crippen molar-refractivity contribution in [2.24, 2.45) is 0 Å². The molecule has 0 saturated carbocycles. The van der Waals surface area contributed by atoms with E-state index in [1.165, 1.54) is 4.57 Å². The van der Waals surface area contributed by atoms with Crippen LogP contribution in [0, 0.1) is 6.92 Å². The molecule has 0 aliphatic heterocycles. The predicted octanol–water partition coefficient (Wildman–Crippen LogP) is 1.69. The van der Waals surface area contributed by atoms with Gasteiger partial charge in [0.05, 0.1) is 5.69 Å². The van der Waals surface area contributed by atoms with E-state index in [-0.39, 0.29) is 5.95 Å². The number of anilines is 1. The van der Waals surface area contributed by atoms with Gasteiger partial charge in [-0.1, -0.05) is 23.7 Å². The molecule has 1 aromatic carbocycles. The van der Waals surface area contributed by atoms with Crippen LogP contribution in [0.2, 0.25) is 5.02 Å². The maximum Gasteiger partial charge on any atom is 0.356 e. The molecule has 0 fully saturated rings. The molecule has 0 bridgehead atoms. The molecule has 2 N–H and O–H groups in total. The maximum atomic E-state index is 12.1. The highest BCUT2D eigenvalue weighted by Crippen LogP contribution is 2.14. The number of hydrogen-bond donors (Lipinski definition) is 2. The van der Waals surface area contributed by atoms with Crippen molar-refractivity contribution in [3.63, 3.8) is 0 Å². The average molecular weight is 292 g/mol. The Morgan fingerprint density at radius 3 is 2.90 bits per heavy atom. The summed E-state index contributed by atoms with van der Waals surface area (Å²) in [6.45, 7) is 5.82. The van der Waals surface area contributed by atoms with Gasteiger partial charge in [-0.15, -0.1) is 6.58 Å². The van der Waals surface area contributed by atoms with Crippen LogP contribution >= 0.6 is 11.6 Å². The fraction of sp³-hybridized carbons (Fsp3) is 0.154. The van der Waals surface area contributed by atoms with Gasteiger partial charge in [0.15, 0.2) is 0 Å². The lowest BCUT2D eigenvalue weighted by Gasteiger charge is -2.11. The first kappa shape index (κ1) is 14.2. The molecule has 0 amide bonds. The smallest absolute Gasteiger partial charge is 0.289 e. The van der Waals surface area contributed by atoms with Crippen molar-refractivity contribution in [2.75, 3.05) is 12.0 Å². The number of rotatable bonds is 5. The number of nitrogens with zero attached hydrogens (tertiary/aromatic N) is 3. The summed E-state index contributed by atoms with van der Waals surface area (Å²) in [5.74, 6) is 0.725. The van der Waals surface area contributed by atoms with Crippen molar-refractivity contribution in [1.29, 1.82) is 0 Å². The second-order valence-electron chi connectivity index (χ2n) is 3.99. The SMILES string of the molecule is C=CCNNc1nc(C)n(-c2cccc(Cl)c2)c(=O)n1. The zero-order valence-electron chi connectivity index (χ0n) is 10.9. The minimum Gasteiger partial charge on any atom is -0.289 e. The van der Waals surface area contributed by atoms with E-state index in [0.717, 1.165) is 0 Å². The van der Waals surface area contributed by atoms with Crippen LogP contribution in [0.4, 0.5) is 5.95 Å². The Labute approximate surface area is 121 Å². The minimum atomic E-state index is -0.428. The molecule has 0 unspecified atom stereocenters. The third-order valence-corrected chi connectivity index (χ3v) is 2.73. The van der Waals surface area contributed by atoms with Crippen LogP contribution in [-0.2, 0) is 0 Å². The molecule has 6 nitrogen and oxygen atoms in total. The van der Waals surface area contributed by atoms with Crippen molar-refractivity contribution in [2.45, 2.75) is 6.92 Å². The fourth-order valence-corrected chi connectivity index (χ4v) is 1.86. The van der Waals surface area contributed by atoms with E-state index in [9.17, 15) is 4.79 Å². The Hall–Kier alpha value is -2.18. The number of hydrogen-bond acceptors (Lipinski definition) is 5. The fourth-order valence-electron chi connectivity index (χ4n) is 1.68. The lowest BCUT2D eigenvalue weighted by Crippen LogP contribution is -2.30. The second kappa shape index (κ2) is 6.31. The summed E-state index contributed by atoms with van der Waals surface area (Å²) in [5, 5.41) is 0.545. The average Bonchev–Trinajstić information content (AvgIpc) is 2.38. The molecule has 7 heteroatoms. The van der Waals surface area contributed by atoms with Gasteiger partial charge >= 0.3 is 5.69 Å². The molecular weight excluding hydrogens is 278 g/mol. The molecule has 1 heterocycles. The topological polar surface area (TPSA) is 71.8 Å². The summed E-state index contributed by atoms with van der Waals surface area (Å²) in [6, 6.07) is 6.96. The van der Waals surface area contributed by atoms with Gasteiger partial charge < -0.3 is 0 Å². The van der Waals surface area contributed by atoms with Crippen LogP contribution in [-0.4, -0.2) is 21.1 Å². The molecule has 0 spiro atoms. The second-order valence-corrected chi connectivity index (χ2v) is 4.42. The largest absolute Gasteiger partial charge is 0.356 e. The van der Waals surface area contributed by atoms with E-state index >= 15 is 0 Å². The van der Waals surface area contributed by atoms with Gasteiger partial charge in [0.25, 0.3) is 0 Å². The molecule has 20 heavy (non-hydrogen) atoms. The van der Waals surface area contributed by atoms with E-state index in [0.29, 0.717) is 23.1 Å². The van der Waals surface area contributed by atoms with Gasteiger partial charge in [-0.05, 0) is 25.1 Å². The number of hydrazine groups is 1. The first-order valence-corrected chi connectivity index (χ1v) is 6.33. The van der Waals surface area contributed by atoms with Crippen molar-refractivity contribution in [1.82, 2.24) is 20.0 Å². The van der Waals surface area contributed by atoms with Crippen molar-refractivity contribution in [3.8, 4) is 5.69 Å². The van der Waals surface area contributed by atoms with E-state index < -0.39 is 5.69 Å². The molecule has 0 aliphatic rings. The summed E-state index contributed by atoms with van der Waals surface area (Å²) in [5.41, 5.74) is 5.75. The van der Waals surface area contributed by atoms with Crippen LogP contribution in [0.25, 0.3) is 5.69 Å². The predicted molar refractivity (Wildman–Crippen MR) is 79.2 cm³/mol. The number of aromatic nitrogens is 3. The molecule has 2 rings (SSSR count). The number of nitrogens with one attached hydrogen (secondary N) is 2. The van der Waals surface area contributed by atoms with E-state index in [1.807, 2.05) is 0 Å². The third kappa shape index (κ3) is 3.23. The Morgan fingerprint density at radius 2 is 2.25 bits per heavy atom. The highest BCUT2D eigenvalue weighted by molar-refractivity contribution is 6.30. The van der Waals surface area contributed by atoms with Gasteiger partial charge in [-0.3, -0.25) is 5.43 Å². The van der Waals surface area contributed by atoms with Gasteiger partial charge in [0.1, 0.15) is 5.82 Å². The lowest BCUT2D eigenvalue weighted by atomic mass is 10.3. The molecule has 0 aliphatic carbocycles. The first-order chi connectivity index (χ1) is 9.61. The summed E-state index contributed by atoms with van der Waals surface area (Å²) in [4.78, 5) is 20.2. The van der Waals surface area contributed by atoms with Crippen LogP contribution in [0.5, 0.6) is 0 Å². The van der Waals surface area contributed by atoms with Crippen molar-refractivity contribution >= 4 is 17.5 Å². The highest BCUT2D eigenvalue weighted by Gasteiger charge is 2.08. The molecule has 2 aromatic rings. The van der Waals surface area contributed by atoms with Crippen LogP contribution < -0.4 is 16.5 Å². The number of aryl methyl sites for hydroxylation is 1. The van der Waals surface area contributed by atoms with Gasteiger partial charge in [-0.25, -0.2) is 14.8 Å². The molecule has 104 valence electrons. The third-order valence-electron chi connectivity index (χ3n) is 2.50. The standard InChI is InChI=1S/C13H14ClN5O/c1-3-7-15-18-12-16-9(2)19(13(20)17-12)11-6-4-5-10(14)8-11/h3-6,8,15H,1,7H2,2H3,(H,17,18,20). The maximum absolute atomic E-state index is 12.1. The quantitative estimate of drug-likeness (QED) is 0.498. The zero-order chi connectivity index (χ0) is 14.5. The molecule has 0 atom stereocenters. The Morgan fingerprint density at radius 1 is 1.45 bits per heavy atom. The van der Waals surface area contributed by atoms with E-state index in [1.54, 1.807) is 37.3 Å². The first-order valence-electron chi connectivity index (χ1n) is 5.95. The molecule has 1 aromatic heterocycles. The van der Waals surface area contributed by atoms with Crippen molar-refractivity contribution in [3.05, 3.63) is 58.3 Å². The molecule has 0 radical (unpaired) electrons.